The number of rotatable bonds is 7. The Bertz CT molecular complexity index is 1390. The van der Waals surface area contributed by atoms with Crippen molar-refractivity contribution in [2.75, 3.05) is 61.8 Å². The van der Waals surface area contributed by atoms with Gasteiger partial charge in [-0.05, 0) is 19.1 Å². The first-order valence-corrected chi connectivity index (χ1v) is 13.2. The molecular formula is C27H34ClF2N9O2. The molecule has 2 atom stereocenters. The van der Waals surface area contributed by atoms with Crippen LogP contribution < -0.4 is 20.9 Å². The zero-order valence-electron chi connectivity index (χ0n) is 22.9. The van der Waals surface area contributed by atoms with Crippen LogP contribution in [0, 0.1) is 18.6 Å². The number of amides is 1. The van der Waals surface area contributed by atoms with E-state index in [1.807, 2.05) is 17.9 Å². The van der Waals surface area contributed by atoms with Crippen molar-refractivity contribution in [3.8, 4) is 5.82 Å². The van der Waals surface area contributed by atoms with Crippen molar-refractivity contribution in [3.05, 3.63) is 59.4 Å². The molecule has 41 heavy (non-hydrogen) atoms. The highest BCUT2D eigenvalue weighted by Crippen LogP contribution is 2.27. The van der Waals surface area contributed by atoms with Crippen molar-refractivity contribution in [2.45, 2.75) is 25.5 Å². The predicted octanol–water partition coefficient (Wildman–Crippen LogP) is 1.77. The molecule has 0 saturated carbocycles. The van der Waals surface area contributed by atoms with Crippen molar-refractivity contribution >= 4 is 41.8 Å². The average Bonchev–Trinajstić information content (AvgIpc) is 3.50. The number of anilines is 3. The summed E-state index contributed by atoms with van der Waals surface area (Å²) in [5.74, 6) is -0.402. The number of carbonyl (C=O) groups is 1. The SMILES string of the molecule is CNC(=O)[C@@H]1C[C@H](O)CN1c1cc(-n2ncc(/C=C/CN3CCN(c4cc(F)cc(F)c4)CC3)c2C)nc(N)n1.Cl. The van der Waals surface area contributed by atoms with Crippen molar-refractivity contribution in [1.82, 2.24) is 30.0 Å². The Morgan fingerprint density at radius 2 is 1.80 bits per heavy atom. The van der Waals surface area contributed by atoms with Crippen LogP contribution in [0.1, 0.15) is 17.7 Å². The van der Waals surface area contributed by atoms with Crippen LogP contribution in [0.5, 0.6) is 0 Å². The number of carbonyl (C=O) groups excluding carboxylic acids is 1. The second-order valence-corrected chi connectivity index (χ2v) is 10.0. The first kappa shape index (κ1) is 30.2. The normalized spacial score (nSPS) is 19.5. The van der Waals surface area contributed by atoms with Crippen molar-refractivity contribution in [2.24, 2.45) is 0 Å². The Morgan fingerprint density at radius 1 is 1.12 bits per heavy atom. The second-order valence-electron chi connectivity index (χ2n) is 10.0. The van der Waals surface area contributed by atoms with Crippen molar-refractivity contribution < 1.29 is 18.7 Å². The summed E-state index contributed by atoms with van der Waals surface area (Å²) in [6, 6.07) is 4.76. The number of nitrogen functional groups attached to an aromatic ring is 1. The first-order valence-electron chi connectivity index (χ1n) is 13.2. The van der Waals surface area contributed by atoms with Gasteiger partial charge in [0.25, 0.3) is 0 Å². The van der Waals surface area contributed by atoms with Gasteiger partial charge in [0.2, 0.25) is 11.9 Å². The Kier molecular flexibility index (Phi) is 9.41. The third kappa shape index (κ3) is 6.75. The number of nitrogens with one attached hydrogen (secondary N) is 1. The van der Waals surface area contributed by atoms with Crippen LogP contribution in [0.4, 0.5) is 26.2 Å². The number of benzene rings is 1. The molecule has 4 N–H and O–H groups in total. The maximum Gasteiger partial charge on any atom is 0.242 e. The summed E-state index contributed by atoms with van der Waals surface area (Å²) in [5.41, 5.74) is 8.34. The number of nitrogens with zero attached hydrogens (tertiary/aromatic N) is 7. The molecule has 11 nitrogen and oxygen atoms in total. The third-order valence-corrected chi connectivity index (χ3v) is 7.35. The lowest BCUT2D eigenvalue weighted by Crippen LogP contribution is -2.46. The van der Waals surface area contributed by atoms with E-state index < -0.39 is 23.8 Å². The lowest BCUT2D eigenvalue weighted by atomic mass is 10.2. The molecular weight excluding hydrogens is 556 g/mol. The Balaban J connectivity index is 0.00000387. The molecule has 5 rings (SSSR count). The lowest BCUT2D eigenvalue weighted by Gasteiger charge is -2.35. The number of β-amino-alcohol motifs (C(OH)–C–C–N with tert-alkyl or cyclic N) is 1. The molecule has 0 unspecified atom stereocenters. The molecule has 2 aliphatic heterocycles. The number of aromatic nitrogens is 4. The van der Waals surface area contributed by atoms with Gasteiger partial charge in [-0.1, -0.05) is 12.2 Å². The van der Waals surface area contributed by atoms with Gasteiger partial charge in [0.15, 0.2) is 5.82 Å². The van der Waals surface area contributed by atoms with Crippen molar-refractivity contribution in [1.29, 1.82) is 0 Å². The Morgan fingerprint density at radius 3 is 2.49 bits per heavy atom. The van der Waals surface area contributed by atoms with Gasteiger partial charge >= 0.3 is 0 Å². The highest BCUT2D eigenvalue weighted by atomic mass is 35.5. The Labute approximate surface area is 243 Å². The lowest BCUT2D eigenvalue weighted by molar-refractivity contribution is -0.121. The number of hydrogen-bond acceptors (Lipinski definition) is 9. The average molecular weight is 590 g/mol. The van der Waals surface area contributed by atoms with E-state index in [4.69, 9.17) is 5.73 Å². The number of nitrogens with two attached hydrogens (primary N) is 1. The zero-order valence-corrected chi connectivity index (χ0v) is 23.7. The van der Waals surface area contributed by atoms with E-state index in [1.54, 1.807) is 28.9 Å². The van der Waals surface area contributed by atoms with E-state index in [2.05, 4.69) is 31.4 Å². The standard InChI is InChI=1S/C27H33F2N9O2.ClH/c1-17-18(4-3-5-35-6-8-36(9-7-35)21-11-19(28)10-20(29)12-21)15-32-38(17)25-14-24(33-27(30)34-25)37-16-22(39)13-23(37)26(40)31-2;/h3-4,10-12,14-15,22-23,39H,5-9,13,16H2,1-2H3,(H,31,40)(H2,30,33,34);1H/b4-3+;/t22-,23-;/m0./s1. The predicted molar refractivity (Wildman–Crippen MR) is 155 cm³/mol. The minimum Gasteiger partial charge on any atom is -0.391 e. The topological polar surface area (TPSA) is 129 Å². The van der Waals surface area contributed by atoms with E-state index in [9.17, 15) is 18.7 Å². The van der Waals surface area contributed by atoms with Crippen LogP contribution in [-0.4, -0.2) is 94.1 Å². The number of aliphatic hydroxyl groups is 1. The first-order chi connectivity index (χ1) is 19.2. The van der Waals surface area contributed by atoms with E-state index in [-0.39, 0.29) is 30.8 Å². The quantitative estimate of drug-likeness (QED) is 0.378. The van der Waals surface area contributed by atoms with Crippen LogP contribution in [0.25, 0.3) is 11.9 Å². The zero-order chi connectivity index (χ0) is 28.4. The number of likely N-dealkylation sites (N-methyl/N-ethyl adjacent to an activating group) is 1. The molecule has 1 amide bonds. The molecule has 14 heteroatoms. The van der Waals surface area contributed by atoms with E-state index in [0.29, 0.717) is 36.8 Å². The monoisotopic (exact) mass is 589 g/mol. The highest BCUT2D eigenvalue weighted by molar-refractivity contribution is 5.86. The summed E-state index contributed by atoms with van der Waals surface area (Å²) in [4.78, 5) is 27.0. The van der Waals surface area contributed by atoms with Crippen LogP contribution >= 0.6 is 12.4 Å². The van der Waals surface area contributed by atoms with Crippen LogP contribution in [-0.2, 0) is 4.79 Å². The number of aliphatic hydroxyl groups excluding tert-OH is 1. The van der Waals surface area contributed by atoms with Crippen LogP contribution in [0.3, 0.4) is 0 Å². The fraction of sp³-hybridized carbons (Fsp3) is 0.407. The maximum atomic E-state index is 13.6. The third-order valence-electron chi connectivity index (χ3n) is 7.35. The van der Waals surface area contributed by atoms with Crippen LogP contribution in [0.15, 0.2) is 36.5 Å². The van der Waals surface area contributed by atoms with Gasteiger partial charge in [-0.2, -0.15) is 15.1 Å². The van der Waals surface area contributed by atoms with Gasteiger partial charge in [-0.25, -0.2) is 13.5 Å². The molecule has 3 aromatic rings. The summed E-state index contributed by atoms with van der Waals surface area (Å²) in [7, 11) is 1.56. The maximum absolute atomic E-state index is 13.6. The minimum absolute atomic E-state index is 0. The largest absolute Gasteiger partial charge is 0.391 e. The highest BCUT2D eigenvalue weighted by Gasteiger charge is 2.36. The second kappa shape index (κ2) is 12.8. The molecule has 0 aliphatic carbocycles. The number of halogens is 3. The van der Waals surface area contributed by atoms with Crippen LogP contribution in [0.2, 0.25) is 0 Å². The van der Waals surface area contributed by atoms with E-state index in [1.165, 1.54) is 12.1 Å². The molecule has 4 heterocycles. The number of piperazine rings is 1. The Hall–Kier alpha value is -3.81. The summed E-state index contributed by atoms with van der Waals surface area (Å²) < 4.78 is 28.8. The summed E-state index contributed by atoms with van der Waals surface area (Å²) in [6.45, 7) is 5.80. The summed E-state index contributed by atoms with van der Waals surface area (Å²) in [6.07, 6.45) is 5.44. The molecule has 2 aliphatic rings. The van der Waals surface area contributed by atoms with Gasteiger partial charge in [0.1, 0.15) is 23.5 Å². The minimum atomic E-state index is -0.655. The van der Waals surface area contributed by atoms with E-state index in [0.717, 1.165) is 37.0 Å². The van der Waals surface area contributed by atoms with Gasteiger partial charge in [0, 0.05) is 76.1 Å². The van der Waals surface area contributed by atoms with Gasteiger partial charge < -0.3 is 26.0 Å². The van der Waals surface area contributed by atoms with Gasteiger partial charge in [-0.3, -0.25) is 9.69 Å². The molecule has 1 aromatic carbocycles. The smallest absolute Gasteiger partial charge is 0.242 e. The number of hydrogen-bond donors (Lipinski definition) is 3. The van der Waals surface area contributed by atoms with Gasteiger partial charge in [0.05, 0.1) is 18.0 Å². The molecule has 0 radical (unpaired) electrons. The molecule has 2 fully saturated rings. The fourth-order valence-electron chi connectivity index (χ4n) is 5.23. The van der Waals surface area contributed by atoms with Gasteiger partial charge in [-0.15, -0.1) is 12.4 Å². The molecule has 2 saturated heterocycles. The molecule has 0 bridgehead atoms. The summed E-state index contributed by atoms with van der Waals surface area (Å²) >= 11 is 0. The van der Waals surface area contributed by atoms with E-state index >= 15 is 0 Å². The molecule has 220 valence electrons. The fourth-order valence-corrected chi connectivity index (χ4v) is 5.23. The molecule has 0 spiro atoms. The summed E-state index contributed by atoms with van der Waals surface area (Å²) in [5, 5.41) is 17.3. The molecule has 2 aromatic heterocycles. The van der Waals surface area contributed by atoms with Crippen molar-refractivity contribution in [3.63, 3.8) is 0 Å².